The average molecular weight is 172 g/mol. The lowest BCUT2D eigenvalue weighted by Crippen LogP contribution is -2.49. The molecule has 1 rings (SSSR count). The number of aliphatic hydroxyl groups excluding tert-OH is 1. The lowest BCUT2D eigenvalue weighted by Gasteiger charge is -2.30. The SMILES string of the molecule is CN[C@H](CCO)[C@H]1CCCCN1. The number of nitrogens with one attached hydrogen (secondary N) is 2. The van der Waals surface area contributed by atoms with Crippen molar-refractivity contribution in [1.82, 2.24) is 10.6 Å². The molecule has 12 heavy (non-hydrogen) atoms. The highest BCUT2D eigenvalue weighted by atomic mass is 16.3. The molecule has 2 atom stereocenters. The van der Waals surface area contributed by atoms with E-state index in [9.17, 15) is 0 Å². The van der Waals surface area contributed by atoms with E-state index in [1.165, 1.54) is 19.3 Å². The van der Waals surface area contributed by atoms with Gasteiger partial charge in [-0.3, -0.25) is 0 Å². The minimum absolute atomic E-state index is 0.281. The molecule has 0 bridgehead atoms. The molecule has 0 unspecified atom stereocenters. The molecule has 1 aliphatic heterocycles. The molecule has 72 valence electrons. The fourth-order valence-corrected chi connectivity index (χ4v) is 1.91. The summed E-state index contributed by atoms with van der Waals surface area (Å²) in [5.41, 5.74) is 0. The second-order valence-electron chi connectivity index (χ2n) is 3.46. The number of aliphatic hydroxyl groups is 1. The van der Waals surface area contributed by atoms with E-state index in [-0.39, 0.29) is 6.61 Å². The maximum atomic E-state index is 8.83. The normalized spacial score (nSPS) is 27.0. The topological polar surface area (TPSA) is 44.3 Å². The van der Waals surface area contributed by atoms with Crippen LogP contribution in [0.1, 0.15) is 25.7 Å². The van der Waals surface area contributed by atoms with Crippen molar-refractivity contribution >= 4 is 0 Å². The van der Waals surface area contributed by atoms with Crippen LogP contribution in [0.2, 0.25) is 0 Å². The molecule has 0 aromatic rings. The lowest BCUT2D eigenvalue weighted by molar-refractivity contribution is 0.234. The predicted molar refractivity (Wildman–Crippen MR) is 50.2 cm³/mol. The number of likely N-dealkylation sites (N-methyl/N-ethyl adjacent to an activating group) is 1. The van der Waals surface area contributed by atoms with Crippen molar-refractivity contribution < 1.29 is 5.11 Å². The van der Waals surface area contributed by atoms with Crippen LogP contribution in [0.25, 0.3) is 0 Å². The third kappa shape index (κ3) is 2.73. The first kappa shape index (κ1) is 9.96. The van der Waals surface area contributed by atoms with Crippen LogP contribution in [0.15, 0.2) is 0 Å². The molecular weight excluding hydrogens is 152 g/mol. The number of hydrogen-bond acceptors (Lipinski definition) is 3. The molecule has 3 heteroatoms. The van der Waals surface area contributed by atoms with Crippen molar-refractivity contribution in [3.8, 4) is 0 Å². The molecule has 0 aliphatic carbocycles. The molecule has 3 N–H and O–H groups in total. The zero-order valence-corrected chi connectivity index (χ0v) is 7.84. The summed E-state index contributed by atoms with van der Waals surface area (Å²) in [7, 11) is 1.97. The van der Waals surface area contributed by atoms with Gasteiger partial charge in [-0.05, 0) is 32.9 Å². The van der Waals surface area contributed by atoms with Crippen molar-refractivity contribution in [3.05, 3.63) is 0 Å². The van der Waals surface area contributed by atoms with Crippen molar-refractivity contribution in [2.24, 2.45) is 0 Å². The smallest absolute Gasteiger partial charge is 0.0446 e. The second kappa shape index (κ2) is 5.51. The Bertz CT molecular complexity index is 110. The summed E-state index contributed by atoms with van der Waals surface area (Å²) >= 11 is 0. The predicted octanol–water partition coefficient (Wildman–Crippen LogP) is 0.0989. The van der Waals surface area contributed by atoms with Crippen LogP contribution in [-0.4, -0.2) is 37.4 Å². The van der Waals surface area contributed by atoms with Gasteiger partial charge in [-0.1, -0.05) is 6.42 Å². The Hall–Kier alpha value is -0.120. The molecule has 0 radical (unpaired) electrons. The lowest BCUT2D eigenvalue weighted by atomic mass is 9.96. The van der Waals surface area contributed by atoms with E-state index in [0.717, 1.165) is 13.0 Å². The first-order chi connectivity index (χ1) is 5.88. The Kier molecular flexibility index (Phi) is 4.58. The third-order valence-electron chi connectivity index (χ3n) is 2.65. The summed E-state index contributed by atoms with van der Waals surface area (Å²) in [4.78, 5) is 0. The summed E-state index contributed by atoms with van der Waals surface area (Å²) < 4.78 is 0. The van der Waals surface area contributed by atoms with Crippen LogP contribution in [0, 0.1) is 0 Å². The van der Waals surface area contributed by atoms with Crippen LogP contribution in [0.3, 0.4) is 0 Å². The van der Waals surface area contributed by atoms with Gasteiger partial charge in [-0.25, -0.2) is 0 Å². The minimum Gasteiger partial charge on any atom is -0.396 e. The molecular formula is C9H20N2O. The van der Waals surface area contributed by atoms with E-state index in [0.29, 0.717) is 12.1 Å². The van der Waals surface area contributed by atoms with E-state index < -0.39 is 0 Å². The van der Waals surface area contributed by atoms with Crippen LogP contribution in [0.5, 0.6) is 0 Å². The maximum Gasteiger partial charge on any atom is 0.0446 e. The third-order valence-corrected chi connectivity index (χ3v) is 2.65. The highest BCUT2D eigenvalue weighted by molar-refractivity contribution is 4.83. The zero-order chi connectivity index (χ0) is 8.81. The quantitative estimate of drug-likeness (QED) is 0.563. The van der Waals surface area contributed by atoms with Crippen molar-refractivity contribution in [3.63, 3.8) is 0 Å². The number of rotatable bonds is 4. The monoisotopic (exact) mass is 172 g/mol. The van der Waals surface area contributed by atoms with Gasteiger partial charge >= 0.3 is 0 Å². The molecule has 1 saturated heterocycles. The minimum atomic E-state index is 0.281. The zero-order valence-electron chi connectivity index (χ0n) is 7.84. The molecule has 1 heterocycles. The van der Waals surface area contributed by atoms with Gasteiger partial charge < -0.3 is 15.7 Å². The van der Waals surface area contributed by atoms with Gasteiger partial charge in [0, 0.05) is 18.7 Å². The Labute approximate surface area is 74.5 Å². The molecule has 0 aromatic heterocycles. The Morgan fingerprint density at radius 2 is 2.42 bits per heavy atom. The summed E-state index contributed by atoms with van der Waals surface area (Å²) in [5, 5.41) is 15.6. The average Bonchev–Trinajstić information content (AvgIpc) is 2.15. The van der Waals surface area contributed by atoms with E-state index in [4.69, 9.17) is 5.11 Å². The van der Waals surface area contributed by atoms with Crippen LogP contribution >= 0.6 is 0 Å². The second-order valence-corrected chi connectivity index (χ2v) is 3.46. The van der Waals surface area contributed by atoms with Gasteiger partial charge in [0.05, 0.1) is 0 Å². The van der Waals surface area contributed by atoms with Gasteiger partial charge in [-0.15, -0.1) is 0 Å². The molecule has 0 aromatic carbocycles. The number of piperidine rings is 1. The first-order valence-electron chi connectivity index (χ1n) is 4.90. The fraction of sp³-hybridized carbons (Fsp3) is 1.00. The van der Waals surface area contributed by atoms with E-state index in [1.807, 2.05) is 7.05 Å². The number of hydrogen-bond donors (Lipinski definition) is 3. The highest BCUT2D eigenvalue weighted by Gasteiger charge is 2.20. The fourth-order valence-electron chi connectivity index (χ4n) is 1.91. The van der Waals surface area contributed by atoms with Gasteiger partial charge in [-0.2, -0.15) is 0 Å². The van der Waals surface area contributed by atoms with Crippen LogP contribution in [-0.2, 0) is 0 Å². The Morgan fingerprint density at radius 1 is 1.58 bits per heavy atom. The van der Waals surface area contributed by atoms with E-state index >= 15 is 0 Å². The molecule has 1 aliphatic rings. The summed E-state index contributed by atoms with van der Waals surface area (Å²) in [6, 6.07) is 1.01. The van der Waals surface area contributed by atoms with E-state index in [2.05, 4.69) is 10.6 Å². The maximum absolute atomic E-state index is 8.83. The molecule has 0 spiro atoms. The summed E-state index contributed by atoms with van der Waals surface area (Å²) in [6.07, 6.45) is 4.72. The summed E-state index contributed by atoms with van der Waals surface area (Å²) in [5.74, 6) is 0. The summed E-state index contributed by atoms with van der Waals surface area (Å²) in [6.45, 7) is 1.41. The highest BCUT2D eigenvalue weighted by Crippen LogP contribution is 2.11. The molecule has 0 amide bonds. The van der Waals surface area contributed by atoms with Crippen molar-refractivity contribution in [2.45, 2.75) is 37.8 Å². The molecule has 0 saturated carbocycles. The molecule has 1 fully saturated rings. The first-order valence-corrected chi connectivity index (χ1v) is 4.90. The van der Waals surface area contributed by atoms with Gasteiger partial charge in [0.1, 0.15) is 0 Å². The van der Waals surface area contributed by atoms with Crippen LogP contribution in [0.4, 0.5) is 0 Å². The Morgan fingerprint density at radius 3 is 2.92 bits per heavy atom. The van der Waals surface area contributed by atoms with Crippen LogP contribution < -0.4 is 10.6 Å². The van der Waals surface area contributed by atoms with E-state index in [1.54, 1.807) is 0 Å². The van der Waals surface area contributed by atoms with Gasteiger partial charge in [0.25, 0.3) is 0 Å². The largest absolute Gasteiger partial charge is 0.396 e. The Balaban J connectivity index is 2.29. The van der Waals surface area contributed by atoms with Crippen molar-refractivity contribution in [1.29, 1.82) is 0 Å². The van der Waals surface area contributed by atoms with Gasteiger partial charge in [0.2, 0.25) is 0 Å². The van der Waals surface area contributed by atoms with Gasteiger partial charge in [0.15, 0.2) is 0 Å². The molecule has 3 nitrogen and oxygen atoms in total. The van der Waals surface area contributed by atoms with Crippen molar-refractivity contribution in [2.75, 3.05) is 20.2 Å². The standard InChI is InChI=1S/C9H20N2O/c1-10-8(5-7-12)9-4-2-3-6-11-9/h8-12H,2-7H2,1H3/t8-,9-/m1/s1.